The molecule has 0 spiro atoms. The standard InChI is InChI=1S/C20H26ClN3O3.HI/c1-22-20(24(2)13-14-7-6-8-16(21)9-14)23-12-15-10-17(25-3)19(27-5)18(11-15)26-4;/h6-11H,12-13H2,1-5H3,(H,22,23);1H. The smallest absolute Gasteiger partial charge is 0.203 e. The highest BCUT2D eigenvalue weighted by Gasteiger charge is 2.14. The monoisotopic (exact) mass is 519 g/mol. The number of methoxy groups -OCH3 is 3. The average molecular weight is 520 g/mol. The zero-order chi connectivity index (χ0) is 19.8. The van der Waals surface area contributed by atoms with Crippen molar-refractivity contribution >= 4 is 41.5 Å². The zero-order valence-electron chi connectivity index (χ0n) is 16.8. The third-order valence-corrected chi connectivity index (χ3v) is 4.29. The summed E-state index contributed by atoms with van der Waals surface area (Å²) in [6.45, 7) is 1.25. The molecule has 0 saturated carbocycles. The fraction of sp³-hybridized carbons (Fsp3) is 0.350. The van der Waals surface area contributed by atoms with Gasteiger partial charge in [-0.1, -0.05) is 23.7 Å². The van der Waals surface area contributed by atoms with Crippen LogP contribution in [0.2, 0.25) is 5.02 Å². The number of nitrogens with zero attached hydrogens (tertiary/aromatic N) is 2. The summed E-state index contributed by atoms with van der Waals surface area (Å²) in [6.07, 6.45) is 0. The largest absolute Gasteiger partial charge is 0.493 e. The van der Waals surface area contributed by atoms with Crippen LogP contribution in [0.3, 0.4) is 0 Å². The highest BCUT2D eigenvalue weighted by atomic mass is 127. The summed E-state index contributed by atoms with van der Waals surface area (Å²) in [5, 5.41) is 4.07. The molecule has 0 aliphatic heterocycles. The Kier molecular flexibility index (Phi) is 10.2. The normalized spacial score (nSPS) is 10.7. The Morgan fingerprint density at radius 3 is 2.18 bits per heavy atom. The van der Waals surface area contributed by atoms with Crippen LogP contribution >= 0.6 is 35.6 Å². The minimum atomic E-state index is 0. The number of nitrogens with one attached hydrogen (secondary N) is 1. The Morgan fingerprint density at radius 2 is 1.68 bits per heavy atom. The van der Waals surface area contributed by atoms with Gasteiger partial charge in [0, 0.05) is 32.2 Å². The third kappa shape index (κ3) is 6.34. The van der Waals surface area contributed by atoms with Gasteiger partial charge in [0.05, 0.1) is 21.3 Å². The Bertz CT molecular complexity index is 777. The number of hydrogen-bond acceptors (Lipinski definition) is 4. The summed E-state index contributed by atoms with van der Waals surface area (Å²) in [5.74, 6) is 2.58. The minimum absolute atomic E-state index is 0. The molecule has 0 aliphatic carbocycles. The van der Waals surface area contributed by atoms with Crippen molar-refractivity contribution in [2.45, 2.75) is 13.1 Å². The number of aliphatic imine (C=N–C) groups is 1. The van der Waals surface area contributed by atoms with E-state index in [2.05, 4.69) is 10.3 Å². The molecule has 6 nitrogen and oxygen atoms in total. The van der Waals surface area contributed by atoms with Gasteiger partial charge in [-0.05, 0) is 35.4 Å². The van der Waals surface area contributed by atoms with Crippen LogP contribution in [-0.4, -0.2) is 46.3 Å². The van der Waals surface area contributed by atoms with Crippen LogP contribution in [-0.2, 0) is 13.1 Å². The Morgan fingerprint density at radius 1 is 1.04 bits per heavy atom. The second kappa shape index (κ2) is 11.9. The SMILES string of the molecule is CN=C(NCc1cc(OC)c(OC)c(OC)c1)N(C)Cc1cccc(Cl)c1.I. The van der Waals surface area contributed by atoms with Gasteiger partial charge in [-0.2, -0.15) is 0 Å². The van der Waals surface area contributed by atoms with Crippen LogP contribution < -0.4 is 19.5 Å². The van der Waals surface area contributed by atoms with Crippen molar-refractivity contribution < 1.29 is 14.2 Å². The fourth-order valence-corrected chi connectivity index (χ4v) is 3.00. The van der Waals surface area contributed by atoms with Gasteiger partial charge in [0.2, 0.25) is 5.75 Å². The lowest BCUT2D eigenvalue weighted by molar-refractivity contribution is 0.323. The predicted octanol–water partition coefficient (Wildman–Crippen LogP) is 4.19. The van der Waals surface area contributed by atoms with Crippen molar-refractivity contribution in [3.8, 4) is 17.2 Å². The number of hydrogen-bond donors (Lipinski definition) is 1. The molecule has 2 rings (SSSR count). The van der Waals surface area contributed by atoms with Crippen molar-refractivity contribution in [1.29, 1.82) is 0 Å². The van der Waals surface area contributed by atoms with Gasteiger partial charge in [-0.15, -0.1) is 24.0 Å². The van der Waals surface area contributed by atoms with Crippen LogP contribution in [0.15, 0.2) is 41.4 Å². The van der Waals surface area contributed by atoms with Crippen molar-refractivity contribution in [2.75, 3.05) is 35.4 Å². The first-order valence-electron chi connectivity index (χ1n) is 8.47. The van der Waals surface area contributed by atoms with E-state index in [0.29, 0.717) is 30.3 Å². The number of halogens is 2. The Balaban J connectivity index is 0.00000392. The maximum Gasteiger partial charge on any atom is 0.203 e. The fourth-order valence-electron chi connectivity index (χ4n) is 2.79. The topological polar surface area (TPSA) is 55.3 Å². The van der Waals surface area contributed by atoms with Crippen molar-refractivity contribution in [2.24, 2.45) is 4.99 Å². The molecule has 2 aromatic carbocycles. The predicted molar refractivity (Wildman–Crippen MR) is 125 cm³/mol. The molecule has 0 unspecified atom stereocenters. The van der Waals surface area contributed by atoms with E-state index >= 15 is 0 Å². The second-order valence-electron chi connectivity index (χ2n) is 5.92. The van der Waals surface area contributed by atoms with Gasteiger partial charge in [0.25, 0.3) is 0 Å². The van der Waals surface area contributed by atoms with Crippen LogP contribution in [0.4, 0.5) is 0 Å². The van der Waals surface area contributed by atoms with Crippen LogP contribution in [0.5, 0.6) is 17.2 Å². The first kappa shape index (κ1) is 24.2. The van der Waals surface area contributed by atoms with E-state index in [1.54, 1.807) is 28.4 Å². The molecule has 0 radical (unpaired) electrons. The van der Waals surface area contributed by atoms with Gasteiger partial charge >= 0.3 is 0 Å². The van der Waals surface area contributed by atoms with Gasteiger partial charge in [-0.25, -0.2) is 0 Å². The summed E-state index contributed by atoms with van der Waals surface area (Å²) in [5.41, 5.74) is 2.10. The number of ether oxygens (including phenoxy) is 3. The molecule has 0 bridgehead atoms. The van der Waals surface area contributed by atoms with Crippen molar-refractivity contribution in [3.63, 3.8) is 0 Å². The maximum atomic E-state index is 6.07. The molecule has 2 aromatic rings. The lowest BCUT2D eigenvalue weighted by Crippen LogP contribution is -2.38. The minimum Gasteiger partial charge on any atom is -0.493 e. The molecule has 0 heterocycles. The molecule has 28 heavy (non-hydrogen) atoms. The van der Waals surface area contributed by atoms with Crippen LogP contribution in [0.25, 0.3) is 0 Å². The first-order valence-corrected chi connectivity index (χ1v) is 8.85. The van der Waals surface area contributed by atoms with E-state index < -0.39 is 0 Å². The summed E-state index contributed by atoms with van der Waals surface area (Å²) in [6, 6.07) is 11.6. The molecule has 0 amide bonds. The van der Waals surface area contributed by atoms with Gasteiger partial charge < -0.3 is 24.4 Å². The van der Waals surface area contributed by atoms with E-state index in [4.69, 9.17) is 25.8 Å². The quantitative estimate of drug-likeness (QED) is 0.338. The molecule has 154 valence electrons. The lowest BCUT2D eigenvalue weighted by Gasteiger charge is -2.22. The van der Waals surface area contributed by atoms with Gasteiger partial charge in [0.1, 0.15) is 0 Å². The summed E-state index contributed by atoms with van der Waals surface area (Å²) in [7, 11) is 8.53. The molecule has 0 atom stereocenters. The highest BCUT2D eigenvalue weighted by molar-refractivity contribution is 14.0. The van der Waals surface area contributed by atoms with Crippen molar-refractivity contribution in [3.05, 3.63) is 52.5 Å². The molecule has 0 fully saturated rings. The summed E-state index contributed by atoms with van der Waals surface area (Å²) >= 11 is 6.07. The third-order valence-electron chi connectivity index (χ3n) is 4.06. The van der Waals surface area contributed by atoms with Gasteiger partial charge in [0.15, 0.2) is 17.5 Å². The van der Waals surface area contributed by atoms with Crippen LogP contribution in [0, 0.1) is 0 Å². The number of guanidine groups is 1. The molecule has 1 N–H and O–H groups in total. The number of benzene rings is 2. The van der Waals surface area contributed by atoms with E-state index in [1.165, 1.54) is 0 Å². The molecule has 8 heteroatoms. The van der Waals surface area contributed by atoms with E-state index in [-0.39, 0.29) is 24.0 Å². The number of rotatable bonds is 7. The average Bonchev–Trinajstić information content (AvgIpc) is 2.67. The first-order chi connectivity index (χ1) is 13.0. The highest BCUT2D eigenvalue weighted by Crippen LogP contribution is 2.38. The maximum absolute atomic E-state index is 6.07. The Labute approximate surface area is 188 Å². The van der Waals surface area contributed by atoms with Gasteiger partial charge in [-0.3, -0.25) is 4.99 Å². The zero-order valence-corrected chi connectivity index (χ0v) is 19.9. The summed E-state index contributed by atoms with van der Waals surface area (Å²) in [4.78, 5) is 6.38. The molecular formula is C20H27ClIN3O3. The van der Waals surface area contributed by atoms with E-state index in [0.717, 1.165) is 22.1 Å². The Hall–Kier alpha value is -1.87. The molecule has 0 aliphatic rings. The molecule has 0 aromatic heterocycles. The second-order valence-corrected chi connectivity index (χ2v) is 6.36. The van der Waals surface area contributed by atoms with Crippen LogP contribution in [0.1, 0.15) is 11.1 Å². The lowest BCUT2D eigenvalue weighted by atomic mass is 10.1. The van der Waals surface area contributed by atoms with E-state index in [1.807, 2.05) is 48.3 Å². The van der Waals surface area contributed by atoms with E-state index in [9.17, 15) is 0 Å². The summed E-state index contributed by atoms with van der Waals surface area (Å²) < 4.78 is 16.2. The molecule has 0 saturated heterocycles. The van der Waals surface area contributed by atoms with Crippen molar-refractivity contribution in [1.82, 2.24) is 10.2 Å². The molecular weight excluding hydrogens is 493 g/mol.